The molecular formula is C17H32N4O3S. The summed E-state index contributed by atoms with van der Waals surface area (Å²) in [4.78, 5) is 14.4. The number of carbonyl (C=O) groups is 1. The van der Waals surface area contributed by atoms with Crippen LogP contribution < -0.4 is 5.32 Å². The molecule has 1 N–H and O–H groups in total. The van der Waals surface area contributed by atoms with Crippen LogP contribution in [0.1, 0.15) is 39.0 Å². The Morgan fingerprint density at radius 3 is 2.20 bits per heavy atom. The summed E-state index contributed by atoms with van der Waals surface area (Å²) in [5.74, 6) is 0.616. The highest BCUT2D eigenvalue weighted by atomic mass is 32.2. The summed E-state index contributed by atoms with van der Waals surface area (Å²) in [5.41, 5.74) is 0. The van der Waals surface area contributed by atoms with E-state index in [9.17, 15) is 13.2 Å². The zero-order valence-electron chi connectivity index (χ0n) is 15.5. The highest BCUT2D eigenvalue weighted by molar-refractivity contribution is 7.86. The van der Waals surface area contributed by atoms with E-state index < -0.39 is 10.2 Å². The molecule has 144 valence electrons. The van der Waals surface area contributed by atoms with Gasteiger partial charge in [0.1, 0.15) is 0 Å². The Balaban J connectivity index is 1.54. The van der Waals surface area contributed by atoms with Crippen LogP contribution in [0, 0.1) is 11.8 Å². The quantitative estimate of drug-likeness (QED) is 0.763. The van der Waals surface area contributed by atoms with Crippen LogP contribution >= 0.6 is 0 Å². The van der Waals surface area contributed by atoms with E-state index in [0.717, 1.165) is 38.8 Å². The van der Waals surface area contributed by atoms with Crippen LogP contribution in [0.3, 0.4) is 0 Å². The number of hydrogen-bond acceptors (Lipinski definition) is 4. The van der Waals surface area contributed by atoms with Crippen LogP contribution in [-0.2, 0) is 15.0 Å². The minimum Gasteiger partial charge on any atom is -0.340 e. The number of nitrogens with one attached hydrogen (secondary N) is 1. The second-order valence-corrected chi connectivity index (χ2v) is 9.74. The molecule has 3 rings (SSSR count). The molecule has 7 nitrogen and oxygen atoms in total. The van der Waals surface area contributed by atoms with Gasteiger partial charge in [0, 0.05) is 45.2 Å². The highest BCUT2D eigenvalue weighted by Crippen LogP contribution is 2.25. The Labute approximate surface area is 151 Å². The third kappa shape index (κ3) is 4.02. The van der Waals surface area contributed by atoms with Crippen LogP contribution in [0.5, 0.6) is 0 Å². The van der Waals surface area contributed by atoms with E-state index in [2.05, 4.69) is 5.32 Å². The summed E-state index contributed by atoms with van der Waals surface area (Å²) >= 11 is 0. The zero-order valence-corrected chi connectivity index (χ0v) is 16.3. The summed E-state index contributed by atoms with van der Waals surface area (Å²) in [6.07, 6.45) is 5.35. The first-order valence-corrected chi connectivity index (χ1v) is 11.0. The van der Waals surface area contributed by atoms with Gasteiger partial charge in [-0.1, -0.05) is 26.2 Å². The third-order valence-corrected chi connectivity index (χ3v) is 8.28. The van der Waals surface area contributed by atoms with Gasteiger partial charge in [-0.2, -0.15) is 17.0 Å². The molecule has 0 spiro atoms. The van der Waals surface area contributed by atoms with Crippen LogP contribution in [0.4, 0.5) is 0 Å². The molecule has 1 saturated carbocycles. The second-order valence-electron chi connectivity index (χ2n) is 7.75. The average Bonchev–Trinajstić information content (AvgIpc) is 2.59. The fourth-order valence-electron chi connectivity index (χ4n) is 4.11. The molecule has 0 aromatic rings. The number of amides is 1. The Morgan fingerprint density at radius 1 is 1.08 bits per heavy atom. The lowest BCUT2D eigenvalue weighted by molar-refractivity contribution is -0.138. The number of nitrogens with zero attached hydrogens (tertiary/aromatic N) is 3. The summed E-state index contributed by atoms with van der Waals surface area (Å²) in [6, 6.07) is 0.129. The van der Waals surface area contributed by atoms with Gasteiger partial charge in [-0.25, -0.2) is 0 Å². The Hall–Kier alpha value is -0.700. The van der Waals surface area contributed by atoms with Gasteiger partial charge in [0.05, 0.1) is 0 Å². The maximum absolute atomic E-state index is 12.9. The maximum atomic E-state index is 12.9. The molecule has 0 aromatic heterocycles. The summed E-state index contributed by atoms with van der Waals surface area (Å²) in [6.45, 7) is 5.62. The number of rotatable bonds is 5. The van der Waals surface area contributed by atoms with Crippen LogP contribution in [-0.4, -0.2) is 80.2 Å². The van der Waals surface area contributed by atoms with E-state index >= 15 is 0 Å². The Morgan fingerprint density at radius 2 is 1.68 bits per heavy atom. The standard InChI is InChI=1S/C17H32N4O3S/c1-14(15-12-18-13-15)17(22)20-8-10-21(11-9-20)25(23,24)19(2)16-6-4-3-5-7-16/h14-16,18H,3-13H2,1-2H3. The summed E-state index contributed by atoms with van der Waals surface area (Å²) in [7, 11) is -1.71. The smallest absolute Gasteiger partial charge is 0.282 e. The number of hydrogen-bond donors (Lipinski definition) is 1. The number of carbonyl (C=O) groups excluding carboxylic acids is 1. The molecule has 1 unspecified atom stereocenters. The first kappa shape index (κ1) is 19.1. The molecule has 2 saturated heterocycles. The Bertz CT molecular complexity index is 564. The van der Waals surface area contributed by atoms with Gasteiger partial charge >= 0.3 is 0 Å². The molecule has 8 heteroatoms. The van der Waals surface area contributed by atoms with Crippen molar-refractivity contribution in [2.24, 2.45) is 11.8 Å². The van der Waals surface area contributed by atoms with Crippen molar-refractivity contribution in [3.8, 4) is 0 Å². The summed E-state index contributed by atoms with van der Waals surface area (Å²) in [5, 5.41) is 3.21. The monoisotopic (exact) mass is 372 g/mol. The predicted octanol–water partition coefficient (Wildman–Crippen LogP) is 0.495. The zero-order chi connectivity index (χ0) is 18.0. The van der Waals surface area contributed by atoms with Crippen molar-refractivity contribution in [2.75, 3.05) is 46.3 Å². The van der Waals surface area contributed by atoms with Crippen molar-refractivity contribution in [3.63, 3.8) is 0 Å². The second kappa shape index (κ2) is 7.90. The van der Waals surface area contributed by atoms with Crippen LogP contribution in [0.15, 0.2) is 0 Å². The normalized spacial score (nSPS) is 25.8. The van der Waals surface area contributed by atoms with Crippen molar-refractivity contribution >= 4 is 16.1 Å². The van der Waals surface area contributed by atoms with E-state index in [-0.39, 0.29) is 17.9 Å². The van der Waals surface area contributed by atoms with E-state index in [1.165, 1.54) is 6.42 Å². The van der Waals surface area contributed by atoms with Crippen molar-refractivity contribution in [2.45, 2.75) is 45.1 Å². The minimum absolute atomic E-state index is 0.0225. The van der Waals surface area contributed by atoms with Gasteiger partial charge in [0.25, 0.3) is 10.2 Å². The van der Waals surface area contributed by atoms with Crippen molar-refractivity contribution in [1.29, 1.82) is 0 Å². The SMILES string of the molecule is CC(C(=O)N1CCN(S(=O)(=O)N(C)C2CCCCC2)CC1)C1CNC1. The van der Waals surface area contributed by atoms with Gasteiger partial charge in [0.2, 0.25) is 5.91 Å². The fourth-order valence-corrected chi connectivity index (χ4v) is 5.69. The maximum Gasteiger partial charge on any atom is 0.282 e. The molecule has 1 atom stereocenters. The first-order chi connectivity index (χ1) is 11.9. The fraction of sp³-hybridized carbons (Fsp3) is 0.941. The first-order valence-electron chi connectivity index (χ1n) is 9.64. The minimum atomic E-state index is -3.42. The van der Waals surface area contributed by atoms with Crippen molar-refractivity contribution < 1.29 is 13.2 Å². The van der Waals surface area contributed by atoms with E-state index in [4.69, 9.17) is 0 Å². The van der Waals surface area contributed by atoms with E-state index in [0.29, 0.717) is 32.1 Å². The third-order valence-electron chi connectivity index (χ3n) is 6.24. The van der Waals surface area contributed by atoms with Crippen LogP contribution in [0.25, 0.3) is 0 Å². The molecular weight excluding hydrogens is 340 g/mol. The molecule has 1 aliphatic carbocycles. The molecule has 1 amide bonds. The lowest BCUT2D eigenvalue weighted by Crippen LogP contribution is -2.57. The molecule has 2 heterocycles. The molecule has 25 heavy (non-hydrogen) atoms. The Kier molecular flexibility index (Phi) is 6.03. The average molecular weight is 373 g/mol. The van der Waals surface area contributed by atoms with Crippen molar-refractivity contribution in [3.05, 3.63) is 0 Å². The molecule has 3 aliphatic rings. The molecule has 2 aliphatic heterocycles. The van der Waals surface area contributed by atoms with Crippen LogP contribution in [0.2, 0.25) is 0 Å². The lowest BCUT2D eigenvalue weighted by atomic mass is 9.88. The largest absolute Gasteiger partial charge is 0.340 e. The topological polar surface area (TPSA) is 73.0 Å². The highest BCUT2D eigenvalue weighted by Gasteiger charge is 2.37. The lowest BCUT2D eigenvalue weighted by Gasteiger charge is -2.40. The molecule has 0 bridgehead atoms. The summed E-state index contributed by atoms with van der Waals surface area (Å²) < 4.78 is 28.9. The van der Waals surface area contributed by atoms with Gasteiger partial charge < -0.3 is 10.2 Å². The van der Waals surface area contributed by atoms with E-state index in [1.54, 1.807) is 15.7 Å². The molecule has 0 aromatic carbocycles. The number of piperazine rings is 1. The molecule has 0 radical (unpaired) electrons. The van der Waals surface area contributed by atoms with Gasteiger partial charge in [-0.15, -0.1) is 0 Å². The van der Waals surface area contributed by atoms with Gasteiger partial charge in [0.15, 0.2) is 0 Å². The molecule has 3 fully saturated rings. The van der Waals surface area contributed by atoms with Crippen molar-refractivity contribution in [1.82, 2.24) is 18.8 Å². The van der Waals surface area contributed by atoms with Gasteiger partial charge in [-0.3, -0.25) is 4.79 Å². The van der Waals surface area contributed by atoms with E-state index in [1.807, 2.05) is 11.8 Å². The van der Waals surface area contributed by atoms with Gasteiger partial charge in [-0.05, 0) is 31.8 Å². The predicted molar refractivity (Wildman–Crippen MR) is 97.2 cm³/mol.